The number of hydrogen-bond acceptors (Lipinski definition) is 4. The van der Waals surface area contributed by atoms with Crippen molar-refractivity contribution in [3.8, 4) is 0 Å². The molecule has 0 spiro atoms. The standard InChI is InChI=1S/C62H54N2O2Si2/c1-37(2)51-35-55(63(39-23-27-41(28-24-39)67(5)6)53-19-13-17-47-43-15-9-11-21-57(43)65-61(47)53)49-34-32-46-52(38(3)4)36-56(50-33-31-45(51)59(49)60(46)50)64(40-25-29-42(30-26-40)68(7)8)54-20-14-18-48-44-16-10-12-22-58(44)66-62(48)54/h9-38H,1-8H3. The normalized spacial score (nSPS) is 12.4. The Morgan fingerprint density at radius 1 is 0.353 bits per heavy atom. The highest BCUT2D eigenvalue weighted by Gasteiger charge is 2.28. The zero-order chi connectivity index (χ0) is 46.5. The molecule has 6 heteroatoms. The van der Waals surface area contributed by atoms with E-state index >= 15 is 0 Å². The molecule has 2 radical (unpaired) electrons. The van der Waals surface area contributed by atoms with Crippen molar-refractivity contribution in [2.45, 2.75) is 65.7 Å². The minimum Gasteiger partial charge on any atom is -0.454 e. The van der Waals surface area contributed by atoms with Crippen LogP contribution >= 0.6 is 0 Å². The van der Waals surface area contributed by atoms with Gasteiger partial charge >= 0.3 is 0 Å². The molecule has 0 aliphatic rings. The molecule has 4 nitrogen and oxygen atoms in total. The smallest absolute Gasteiger partial charge is 0.159 e. The number of anilines is 6. The molecule has 0 bridgehead atoms. The molecule has 332 valence electrons. The summed E-state index contributed by atoms with van der Waals surface area (Å²) in [7, 11) is -1.31. The minimum atomic E-state index is -0.653. The predicted molar refractivity (Wildman–Crippen MR) is 296 cm³/mol. The number of benzene rings is 10. The Morgan fingerprint density at radius 2 is 0.721 bits per heavy atom. The van der Waals surface area contributed by atoms with Crippen LogP contribution in [0.5, 0.6) is 0 Å². The van der Waals surface area contributed by atoms with Crippen molar-refractivity contribution >= 4 is 138 Å². The Morgan fingerprint density at radius 3 is 1.10 bits per heavy atom. The fourth-order valence-corrected chi connectivity index (χ4v) is 12.5. The van der Waals surface area contributed by atoms with Gasteiger partial charge in [0, 0.05) is 43.7 Å². The van der Waals surface area contributed by atoms with Crippen molar-refractivity contribution < 1.29 is 8.83 Å². The van der Waals surface area contributed by atoms with Gasteiger partial charge in [-0.3, -0.25) is 0 Å². The first-order valence-electron chi connectivity index (χ1n) is 24.1. The second-order valence-electron chi connectivity index (χ2n) is 19.6. The summed E-state index contributed by atoms with van der Waals surface area (Å²) >= 11 is 0. The van der Waals surface area contributed by atoms with E-state index in [2.05, 4.69) is 234 Å². The lowest BCUT2D eigenvalue weighted by atomic mass is 9.84. The molecule has 0 saturated heterocycles. The van der Waals surface area contributed by atoms with Gasteiger partial charge in [-0.15, -0.1) is 0 Å². The Labute approximate surface area is 401 Å². The third-order valence-corrected chi connectivity index (χ3v) is 17.3. The number of rotatable bonds is 10. The largest absolute Gasteiger partial charge is 0.454 e. The molecule has 0 N–H and O–H groups in total. The second-order valence-corrected chi connectivity index (χ2v) is 24.8. The Hall–Kier alpha value is -7.13. The zero-order valence-corrected chi connectivity index (χ0v) is 42.0. The molecule has 12 aromatic rings. The average molecular weight is 915 g/mol. The Balaban J connectivity index is 1.20. The maximum Gasteiger partial charge on any atom is 0.159 e. The fourth-order valence-electron chi connectivity index (χ4n) is 10.9. The molecule has 2 heterocycles. The van der Waals surface area contributed by atoms with Gasteiger partial charge in [-0.2, -0.15) is 0 Å². The van der Waals surface area contributed by atoms with E-state index in [-0.39, 0.29) is 11.8 Å². The molecule has 0 fully saturated rings. The SMILES string of the molecule is CC(C)c1cc(N(c2ccc([Si](C)C)cc2)c2cccc3c2oc2ccccc23)c2ccc3c(C(C)C)cc(N(c4ccc([Si](C)C)cc4)c4cccc5c4oc4ccccc45)c4ccc1c2c34. The highest BCUT2D eigenvalue weighted by molar-refractivity contribution is 6.71. The predicted octanol–water partition coefficient (Wildman–Crippen LogP) is 17.5. The molecule has 12 rings (SSSR count). The summed E-state index contributed by atoms with van der Waals surface area (Å²) < 4.78 is 13.7. The lowest BCUT2D eigenvalue weighted by molar-refractivity contribution is 0.668. The average Bonchev–Trinajstić information content (AvgIpc) is 3.93. The Kier molecular flexibility index (Phi) is 10.1. The van der Waals surface area contributed by atoms with E-state index in [0.29, 0.717) is 0 Å². The van der Waals surface area contributed by atoms with Crippen LogP contribution in [0.1, 0.15) is 50.7 Å². The third-order valence-electron chi connectivity index (χ3n) is 14.3. The van der Waals surface area contributed by atoms with Crippen LogP contribution in [0.2, 0.25) is 26.2 Å². The van der Waals surface area contributed by atoms with Crippen molar-refractivity contribution in [1.29, 1.82) is 0 Å². The summed E-state index contributed by atoms with van der Waals surface area (Å²) in [5.41, 5.74) is 12.7. The van der Waals surface area contributed by atoms with Gasteiger partial charge < -0.3 is 18.6 Å². The summed E-state index contributed by atoms with van der Waals surface area (Å²) in [6.45, 7) is 18.8. The zero-order valence-electron chi connectivity index (χ0n) is 40.0. The molecule has 10 aromatic carbocycles. The van der Waals surface area contributed by atoms with Crippen LogP contribution in [0.3, 0.4) is 0 Å². The topological polar surface area (TPSA) is 32.8 Å². The Bertz CT molecular complexity index is 3620. The van der Waals surface area contributed by atoms with E-state index < -0.39 is 17.6 Å². The van der Waals surface area contributed by atoms with Crippen molar-refractivity contribution in [1.82, 2.24) is 0 Å². The second kappa shape index (κ2) is 16.3. The van der Waals surface area contributed by atoms with Crippen LogP contribution in [-0.2, 0) is 0 Å². The molecule has 0 aliphatic heterocycles. The van der Waals surface area contributed by atoms with Crippen LogP contribution in [0.4, 0.5) is 34.1 Å². The van der Waals surface area contributed by atoms with E-state index in [9.17, 15) is 0 Å². The van der Waals surface area contributed by atoms with E-state index in [1.807, 2.05) is 0 Å². The molecular weight excluding hydrogens is 861 g/mol. The number of furan rings is 2. The highest BCUT2D eigenvalue weighted by Crippen LogP contribution is 2.53. The number of nitrogens with zero attached hydrogens (tertiary/aromatic N) is 2. The highest BCUT2D eigenvalue weighted by atomic mass is 28.3. The minimum absolute atomic E-state index is 0.253. The number of para-hydroxylation sites is 4. The van der Waals surface area contributed by atoms with Crippen LogP contribution in [0.15, 0.2) is 179 Å². The molecule has 0 atom stereocenters. The van der Waals surface area contributed by atoms with E-state index in [4.69, 9.17) is 8.83 Å². The third kappa shape index (κ3) is 6.60. The van der Waals surface area contributed by atoms with Gasteiger partial charge in [0.25, 0.3) is 0 Å². The van der Waals surface area contributed by atoms with E-state index in [0.717, 1.165) is 78.0 Å². The fraction of sp³-hybridized carbons (Fsp3) is 0.161. The van der Waals surface area contributed by atoms with Gasteiger partial charge in [-0.05, 0) is 105 Å². The first kappa shape index (κ1) is 42.2. The van der Waals surface area contributed by atoms with E-state index in [1.54, 1.807) is 0 Å². The molecular formula is C62H54N2O2Si2. The van der Waals surface area contributed by atoms with Gasteiger partial charge in [0.15, 0.2) is 11.2 Å². The van der Waals surface area contributed by atoms with Crippen LogP contribution in [0.25, 0.3) is 76.2 Å². The number of fused-ring (bicyclic) bond motifs is 6. The monoisotopic (exact) mass is 914 g/mol. The molecule has 2 aromatic heterocycles. The molecule has 0 saturated carbocycles. The molecule has 68 heavy (non-hydrogen) atoms. The van der Waals surface area contributed by atoms with Crippen molar-refractivity contribution in [3.63, 3.8) is 0 Å². The van der Waals surface area contributed by atoms with E-state index in [1.165, 1.54) is 53.8 Å². The van der Waals surface area contributed by atoms with Crippen molar-refractivity contribution in [2.24, 2.45) is 0 Å². The van der Waals surface area contributed by atoms with Crippen molar-refractivity contribution in [3.05, 3.63) is 181 Å². The molecule has 0 aliphatic carbocycles. The number of hydrogen-bond donors (Lipinski definition) is 0. The summed E-state index contributed by atoms with van der Waals surface area (Å²) in [6.07, 6.45) is 0. The summed E-state index contributed by atoms with van der Waals surface area (Å²) in [6, 6.07) is 63.2. The maximum atomic E-state index is 6.86. The van der Waals surface area contributed by atoms with Crippen LogP contribution in [-0.4, -0.2) is 17.6 Å². The summed E-state index contributed by atoms with van der Waals surface area (Å²) in [5.74, 6) is 0.506. The first-order valence-corrected chi connectivity index (χ1v) is 29.1. The molecule has 0 unspecified atom stereocenters. The van der Waals surface area contributed by atoms with Crippen LogP contribution in [0, 0.1) is 0 Å². The maximum absolute atomic E-state index is 6.86. The van der Waals surface area contributed by atoms with Gasteiger partial charge in [-0.1, -0.05) is 173 Å². The lowest BCUT2D eigenvalue weighted by Crippen LogP contribution is -2.22. The summed E-state index contributed by atoms with van der Waals surface area (Å²) in [4.78, 5) is 4.95. The molecule has 0 amide bonds. The van der Waals surface area contributed by atoms with Crippen LogP contribution < -0.4 is 20.2 Å². The quantitative estimate of drug-likeness (QED) is 0.101. The van der Waals surface area contributed by atoms with Gasteiger partial charge in [0.2, 0.25) is 0 Å². The van der Waals surface area contributed by atoms with Crippen molar-refractivity contribution in [2.75, 3.05) is 9.80 Å². The van der Waals surface area contributed by atoms with Gasteiger partial charge in [-0.25, -0.2) is 0 Å². The summed E-state index contributed by atoms with van der Waals surface area (Å²) in [5, 5.41) is 14.9. The lowest BCUT2D eigenvalue weighted by Gasteiger charge is -2.31. The van der Waals surface area contributed by atoms with Gasteiger partial charge in [0.1, 0.15) is 11.2 Å². The van der Waals surface area contributed by atoms with Gasteiger partial charge in [0.05, 0.1) is 40.3 Å². The first-order chi connectivity index (χ1) is 33.0.